The molecule has 1 aliphatic rings. The predicted octanol–water partition coefficient (Wildman–Crippen LogP) is 3.77. The Kier molecular flexibility index (Phi) is 5.22. The molecule has 1 aromatic rings. The molecule has 1 fully saturated rings. The van der Waals surface area contributed by atoms with Gasteiger partial charge in [0.2, 0.25) is 0 Å². The van der Waals surface area contributed by atoms with Crippen molar-refractivity contribution in [2.45, 2.75) is 58.0 Å². The van der Waals surface area contributed by atoms with Crippen molar-refractivity contribution in [2.24, 2.45) is 0 Å². The molecule has 1 aliphatic heterocycles. The highest BCUT2D eigenvalue weighted by molar-refractivity contribution is 5.28. The van der Waals surface area contributed by atoms with Crippen molar-refractivity contribution in [1.29, 1.82) is 0 Å². The van der Waals surface area contributed by atoms with E-state index in [0.717, 1.165) is 0 Å². The summed E-state index contributed by atoms with van der Waals surface area (Å²) in [4.78, 5) is 2.64. The Morgan fingerprint density at radius 1 is 1.25 bits per heavy atom. The van der Waals surface area contributed by atoms with Crippen LogP contribution in [0.2, 0.25) is 0 Å². The van der Waals surface area contributed by atoms with Crippen molar-refractivity contribution in [2.75, 3.05) is 20.1 Å². The van der Waals surface area contributed by atoms with Crippen LogP contribution in [0.3, 0.4) is 0 Å². The molecule has 2 heteroatoms. The smallest absolute Gasteiger partial charge is 0.0499 e. The van der Waals surface area contributed by atoms with Crippen molar-refractivity contribution in [1.82, 2.24) is 10.2 Å². The zero-order valence-electron chi connectivity index (χ0n) is 13.6. The number of nitrogens with zero attached hydrogens (tertiary/aromatic N) is 1. The first-order valence-corrected chi connectivity index (χ1v) is 8.10. The lowest BCUT2D eigenvalue weighted by Crippen LogP contribution is -2.50. The number of hydrogen-bond donors (Lipinski definition) is 1. The minimum Gasteiger partial charge on any atom is -0.311 e. The first kappa shape index (κ1) is 15.5. The van der Waals surface area contributed by atoms with Crippen LogP contribution in [0.25, 0.3) is 0 Å². The molecule has 0 spiro atoms. The molecule has 1 N–H and O–H groups in total. The van der Waals surface area contributed by atoms with E-state index in [9.17, 15) is 0 Å². The van der Waals surface area contributed by atoms with E-state index in [2.05, 4.69) is 62.3 Å². The molecule has 1 unspecified atom stereocenters. The monoisotopic (exact) mass is 274 g/mol. The van der Waals surface area contributed by atoms with Crippen LogP contribution in [0, 0.1) is 0 Å². The zero-order valence-corrected chi connectivity index (χ0v) is 13.6. The van der Waals surface area contributed by atoms with Crippen LogP contribution in [0.5, 0.6) is 0 Å². The van der Waals surface area contributed by atoms with E-state index >= 15 is 0 Å². The van der Waals surface area contributed by atoms with E-state index in [0.29, 0.717) is 6.04 Å². The number of likely N-dealkylation sites (N-methyl/N-ethyl adjacent to an activating group) is 1. The fraction of sp³-hybridized carbons (Fsp3) is 0.667. The molecule has 112 valence electrons. The fourth-order valence-corrected chi connectivity index (χ4v) is 3.62. The molecule has 2 nitrogen and oxygen atoms in total. The highest BCUT2D eigenvalue weighted by Crippen LogP contribution is 2.33. The molecule has 0 bridgehead atoms. The van der Waals surface area contributed by atoms with Crippen LogP contribution in [0.15, 0.2) is 24.3 Å². The van der Waals surface area contributed by atoms with Crippen LogP contribution < -0.4 is 5.32 Å². The largest absolute Gasteiger partial charge is 0.311 e. The van der Waals surface area contributed by atoms with Crippen molar-refractivity contribution >= 4 is 0 Å². The Bertz CT molecular complexity index is 419. The molecule has 0 saturated carbocycles. The molecule has 1 saturated heterocycles. The summed E-state index contributed by atoms with van der Waals surface area (Å²) in [6.45, 7) is 9.48. The molecule has 0 radical (unpaired) electrons. The molecule has 1 aromatic carbocycles. The normalized spacial score (nSPS) is 18.4. The minimum atomic E-state index is 0.163. The average molecular weight is 274 g/mol. The zero-order chi connectivity index (χ0) is 14.6. The molecule has 0 amide bonds. The van der Waals surface area contributed by atoms with Crippen molar-refractivity contribution in [3.05, 3.63) is 35.4 Å². The number of hydrogen-bond acceptors (Lipinski definition) is 2. The van der Waals surface area contributed by atoms with Gasteiger partial charge in [-0.2, -0.15) is 0 Å². The second kappa shape index (κ2) is 6.73. The summed E-state index contributed by atoms with van der Waals surface area (Å²) in [6.07, 6.45) is 5.07. The highest BCUT2D eigenvalue weighted by atomic mass is 15.2. The summed E-state index contributed by atoms with van der Waals surface area (Å²) in [5.41, 5.74) is 3.05. The Hall–Kier alpha value is -0.860. The molecule has 2 rings (SSSR count). The summed E-state index contributed by atoms with van der Waals surface area (Å²) >= 11 is 0. The maximum atomic E-state index is 3.56. The van der Waals surface area contributed by atoms with Crippen LogP contribution in [0.4, 0.5) is 0 Å². The van der Waals surface area contributed by atoms with Gasteiger partial charge in [0.15, 0.2) is 0 Å². The van der Waals surface area contributed by atoms with Gasteiger partial charge < -0.3 is 5.32 Å². The van der Waals surface area contributed by atoms with Gasteiger partial charge in [-0.1, -0.05) is 37.6 Å². The summed E-state index contributed by atoms with van der Waals surface area (Å²) in [7, 11) is 2.09. The van der Waals surface area contributed by atoms with Crippen LogP contribution in [0.1, 0.15) is 57.2 Å². The second-order valence-corrected chi connectivity index (χ2v) is 6.56. The maximum Gasteiger partial charge on any atom is 0.0499 e. The van der Waals surface area contributed by atoms with Gasteiger partial charge in [0, 0.05) is 11.6 Å². The summed E-state index contributed by atoms with van der Waals surface area (Å²) in [5.74, 6) is 0. The first-order valence-electron chi connectivity index (χ1n) is 8.10. The third kappa shape index (κ3) is 3.24. The van der Waals surface area contributed by atoms with Gasteiger partial charge in [0.25, 0.3) is 0 Å². The van der Waals surface area contributed by atoms with Gasteiger partial charge >= 0.3 is 0 Å². The standard InChI is InChI=1S/C18H30N2/c1-5-9-15-10-8-11-16(14-15)17(19-4)18(2,3)20-12-6-7-13-20/h8,10-11,14,17,19H,5-7,9,12-13H2,1-4H3. The quantitative estimate of drug-likeness (QED) is 0.849. The lowest BCUT2D eigenvalue weighted by Gasteiger charge is -2.42. The van der Waals surface area contributed by atoms with E-state index in [1.54, 1.807) is 0 Å². The molecule has 20 heavy (non-hydrogen) atoms. The number of benzene rings is 1. The van der Waals surface area contributed by atoms with Gasteiger partial charge in [-0.25, -0.2) is 0 Å². The lowest BCUT2D eigenvalue weighted by molar-refractivity contribution is 0.110. The van der Waals surface area contributed by atoms with Crippen molar-refractivity contribution < 1.29 is 0 Å². The molecule has 0 aromatic heterocycles. The van der Waals surface area contributed by atoms with Crippen LogP contribution in [-0.2, 0) is 6.42 Å². The van der Waals surface area contributed by atoms with Gasteiger partial charge in [0.05, 0.1) is 0 Å². The maximum absolute atomic E-state index is 3.56. The Balaban J connectivity index is 2.24. The molecule has 0 aliphatic carbocycles. The SMILES string of the molecule is CCCc1cccc(C(NC)C(C)(C)N2CCCC2)c1. The van der Waals surface area contributed by atoms with Crippen LogP contribution >= 0.6 is 0 Å². The predicted molar refractivity (Wildman–Crippen MR) is 87.1 cm³/mol. The topological polar surface area (TPSA) is 15.3 Å². The molecule has 1 heterocycles. The third-order valence-corrected chi connectivity index (χ3v) is 4.74. The van der Waals surface area contributed by atoms with Crippen LogP contribution in [-0.4, -0.2) is 30.6 Å². The molecular weight excluding hydrogens is 244 g/mol. The Labute approximate surface area is 124 Å². The van der Waals surface area contributed by atoms with E-state index in [1.165, 1.54) is 49.9 Å². The highest BCUT2D eigenvalue weighted by Gasteiger charge is 2.36. The second-order valence-electron chi connectivity index (χ2n) is 6.56. The van der Waals surface area contributed by atoms with E-state index in [4.69, 9.17) is 0 Å². The van der Waals surface area contributed by atoms with Gasteiger partial charge in [-0.05, 0) is 64.4 Å². The van der Waals surface area contributed by atoms with Gasteiger partial charge in [0.1, 0.15) is 0 Å². The third-order valence-electron chi connectivity index (χ3n) is 4.74. The summed E-state index contributed by atoms with van der Waals surface area (Å²) < 4.78 is 0. The Morgan fingerprint density at radius 3 is 2.55 bits per heavy atom. The number of likely N-dealkylation sites (tertiary alicyclic amines) is 1. The Morgan fingerprint density at radius 2 is 1.95 bits per heavy atom. The summed E-state index contributed by atoms with van der Waals surface area (Å²) in [6, 6.07) is 9.52. The van der Waals surface area contributed by atoms with Gasteiger partial charge in [-0.15, -0.1) is 0 Å². The van der Waals surface area contributed by atoms with E-state index in [-0.39, 0.29) is 5.54 Å². The molecule has 1 atom stereocenters. The number of nitrogens with one attached hydrogen (secondary N) is 1. The van der Waals surface area contributed by atoms with E-state index in [1.807, 2.05) is 0 Å². The summed E-state index contributed by atoms with van der Waals surface area (Å²) in [5, 5.41) is 3.56. The number of aryl methyl sites for hydroxylation is 1. The molecular formula is C18H30N2. The minimum absolute atomic E-state index is 0.163. The number of rotatable bonds is 6. The van der Waals surface area contributed by atoms with Gasteiger partial charge in [-0.3, -0.25) is 4.90 Å². The first-order chi connectivity index (χ1) is 9.59. The van der Waals surface area contributed by atoms with Crippen molar-refractivity contribution in [3.63, 3.8) is 0 Å². The fourth-order valence-electron chi connectivity index (χ4n) is 3.62. The lowest BCUT2D eigenvalue weighted by atomic mass is 9.86. The average Bonchev–Trinajstić information content (AvgIpc) is 2.95. The van der Waals surface area contributed by atoms with E-state index < -0.39 is 0 Å². The van der Waals surface area contributed by atoms with Crippen molar-refractivity contribution in [3.8, 4) is 0 Å².